The third-order valence-corrected chi connectivity index (χ3v) is 3.81. The van der Waals surface area contributed by atoms with Crippen LogP contribution >= 0.6 is 39.0 Å². The number of nitrogens with zero attached hydrogens (tertiary/aromatic N) is 1. The first kappa shape index (κ1) is 9.24. The van der Waals surface area contributed by atoms with Crippen LogP contribution in [0.15, 0.2) is 49.6 Å². The Balaban J connectivity index is 2.19. The molecule has 0 aliphatic carbocycles. The lowest BCUT2D eigenvalue weighted by atomic mass is 10.5. The molecular formula is C9H6BrNS2. The highest BCUT2D eigenvalue weighted by atomic mass is 79.9. The minimum Gasteiger partial charge on any atom is -0.234 e. The van der Waals surface area contributed by atoms with Gasteiger partial charge in [-0.05, 0) is 39.5 Å². The zero-order valence-electron chi connectivity index (χ0n) is 6.61. The van der Waals surface area contributed by atoms with Crippen molar-refractivity contribution in [2.24, 2.45) is 0 Å². The molecule has 0 fully saturated rings. The first-order chi connectivity index (χ1) is 6.34. The quantitative estimate of drug-likeness (QED) is 0.765. The molecule has 13 heavy (non-hydrogen) atoms. The number of thiophene rings is 1. The van der Waals surface area contributed by atoms with Gasteiger partial charge in [-0.15, -0.1) is 11.3 Å². The second-order valence-electron chi connectivity index (χ2n) is 2.33. The number of rotatable bonds is 2. The van der Waals surface area contributed by atoms with Crippen LogP contribution in [0.4, 0.5) is 0 Å². The molecule has 2 aromatic heterocycles. The van der Waals surface area contributed by atoms with Crippen molar-refractivity contribution >= 4 is 39.0 Å². The van der Waals surface area contributed by atoms with Crippen molar-refractivity contribution in [1.82, 2.24) is 4.98 Å². The van der Waals surface area contributed by atoms with Crippen molar-refractivity contribution in [1.29, 1.82) is 0 Å². The highest BCUT2D eigenvalue weighted by Crippen LogP contribution is 2.30. The molecule has 2 aromatic rings. The van der Waals surface area contributed by atoms with E-state index in [1.54, 1.807) is 23.1 Å². The lowest BCUT2D eigenvalue weighted by Gasteiger charge is -1.96. The summed E-state index contributed by atoms with van der Waals surface area (Å²) in [6.45, 7) is 0. The van der Waals surface area contributed by atoms with Crippen LogP contribution in [0.3, 0.4) is 0 Å². The van der Waals surface area contributed by atoms with Crippen LogP contribution < -0.4 is 0 Å². The maximum atomic E-state index is 4.33. The summed E-state index contributed by atoms with van der Waals surface area (Å²) in [4.78, 5) is 4.33. The van der Waals surface area contributed by atoms with E-state index < -0.39 is 0 Å². The molecule has 0 aliphatic rings. The van der Waals surface area contributed by atoms with Gasteiger partial charge in [0.05, 0.1) is 4.21 Å². The zero-order valence-corrected chi connectivity index (χ0v) is 9.82. The first-order valence-corrected chi connectivity index (χ1v) is 6.17. The summed E-state index contributed by atoms with van der Waals surface area (Å²) in [6.07, 6.45) is 0. The van der Waals surface area contributed by atoms with Gasteiger partial charge in [-0.3, -0.25) is 0 Å². The maximum absolute atomic E-state index is 4.33. The van der Waals surface area contributed by atoms with Gasteiger partial charge in [0.25, 0.3) is 0 Å². The van der Waals surface area contributed by atoms with Gasteiger partial charge in [-0.25, -0.2) is 4.98 Å². The lowest BCUT2D eigenvalue weighted by Crippen LogP contribution is -1.77. The Morgan fingerprint density at radius 2 is 2.15 bits per heavy atom. The van der Waals surface area contributed by atoms with Crippen molar-refractivity contribution in [2.75, 3.05) is 0 Å². The number of pyridine rings is 1. The molecule has 0 saturated heterocycles. The monoisotopic (exact) mass is 271 g/mol. The number of aromatic nitrogens is 1. The van der Waals surface area contributed by atoms with Gasteiger partial charge in [0.1, 0.15) is 9.63 Å². The summed E-state index contributed by atoms with van der Waals surface area (Å²) in [6, 6.07) is 10.1. The van der Waals surface area contributed by atoms with E-state index in [-0.39, 0.29) is 0 Å². The first-order valence-electron chi connectivity index (χ1n) is 3.68. The molecular weight excluding hydrogens is 266 g/mol. The van der Waals surface area contributed by atoms with Crippen molar-refractivity contribution in [3.05, 3.63) is 40.3 Å². The molecule has 0 N–H and O–H groups in total. The summed E-state index contributed by atoms with van der Waals surface area (Å²) < 4.78 is 2.15. The minimum atomic E-state index is 0.883. The molecule has 2 rings (SSSR count). The highest BCUT2D eigenvalue weighted by molar-refractivity contribution is 9.10. The molecule has 0 amide bonds. The summed E-state index contributed by atoms with van der Waals surface area (Å²) in [7, 11) is 0. The van der Waals surface area contributed by atoms with Gasteiger partial charge in [-0.1, -0.05) is 23.9 Å². The summed E-state index contributed by atoms with van der Waals surface area (Å²) in [5, 5.41) is 3.09. The van der Waals surface area contributed by atoms with Crippen molar-refractivity contribution in [3.63, 3.8) is 0 Å². The molecule has 0 aliphatic heterocycles. The van der Waals surface area contributed by atoms with E-state index >= 15 is 0 Å². The Morgan fingerprint density at radius 3 is 2.85 bits per heavy atom. The van der Waals surface area contributed by atoms with Crippen LogP contribution in [0.1, 0.15) is 0 Å². The predicted octanol–water partition coefficient (Wildman–Crippen LogP) is 4.06. The van der Waals surface area contributed by atoms with Crippen LogP contribution in [0.2, 0.25) is 0 Å². The second-order valence-corrected chi connectivity index (χ2v) is 5.41. The maximum Gasteiger partial charge on any atom is 0.107 e. The fourth-order valence-electron chi connectivity index (χ4n) is 0.871. The van der Waals surface area contributed by atoms with Crippen LogP contribution in [0, 0.1) is 0 Å². The third-order valence-electron chi connectivity index (χ3n) is 1.39. The normalized spacial score (nSPS) is 10.2. The standard InChI is InChI=1S/C9H6BrNS2/c10-7-3-1-4-8(11-7)13-9-5-2-6-12-9/h1-6H. The Labute approximate surface area is 93.3 Å². The Kier molecular flexibility index (Phi) is 3.03. The number of halogens is 1. The zero-order chi connectivity index (χ0) is 9.10. The fraction of sp³-hybridized carbons (Fsp3) is 0. The lowest BCUT2D eigenvalue weighted by molar-refractivity contribution is 1.10. The van der Waals surface area contributed by atoms with E-state index in [9.17, 15) is 0 Å². The molecule has 4 heteroatoms. The Morgan fingerprint density at radius 1 is 1.23 bits per heavy atom. The number of hydrogen-bond donors (Lipinski definition) is 0. The van der Waals surface area contributed by atoms with Crippen molar-refractivity contribution in [3.8, 4) is 0 Å². The Bertz CT molecular complexity index is 386. The second kappa shape index (κ2) is 4.26. The minimum absolute atomic E-state index is 0.883. The van der Waals surface area contributed by atoms with E-state index in [0.29, 0.717) is 0 Å². The van der Waals surface area contributed by atoms with Gasteiger partial charge in [0.2, 0.25) is 0 Å². The summed E-state index contributed by atoms with van der Waals surface area (Å²) >= 11 is 6.76. The molecule has 0 unspecified atom stereocenters. The average Bonchev–Trinajstić information content (AvgIpc) is 2.57. The van der Waals surface area contributed by atoms with Crippen molar-refractivity contribution < 1.29 is 0 Å². The fourth-order valence-corrected chi connectivity index (χ4v) is 3.04. The molecule has 2 heterocycles. The van der Waals surface area contributed by atoms with E-state index in [1.807, 2.05) is 24.3 Å². The highest BCUT2D eigenvalue weighted by Gasteiger charge is 1.99. The van der Waals surface area contributed by atoms with Gasteiger partial charge in [-0.2, -0.15) is 0 Å². The van der Waals surface area contributed by atoms with Gasteiger partial charge in [0, 0.05) is 0 Å². The molecule has 0 aromatic carbocycles. The van der Waals surface area contributed by atoms with Crippen LogP contribution in [0.5, 0.6) is 0 Å². The topological polar surface area (TPSA) is 12.9 Å². The van der Waals surface area contributed by atoms with Crippen molar-refractivity contribution in [2.45, 2.75) is 9.24 Å². The molecule has 0 spiro atoms. The summed E-state index contributed by atoms with van der Waals surface area (Å²) in [5.74, 6) is 0. The van der Waals surface area contributed by atoms with E-state index in [4.69, 9.17) is 0 Å². The van der Waals surface area contributed by atoms with Crippen LogP contribution in [-0.2, 0) is 0 Å². The van der Waals surface area contributed by atoms with E-state index in [2.05, 4.69) is 32.4 Å². The van der Waals surface area contributed by atoms with Gasteiger partial charge in [0.15, 0.2) is 0 Å². The smallest absolute Gasteiger partial charge is 0.107 e. The molecule has 0 radical (unpaired) electrons. The largest absolute Gasteiger partial charge is 0.234 e. The van der Waals surface area contributed by atoms with E-state index in [1.165, 1.54) is 4.21 Å². The molecule has 0 atom stereocenters. The third kappa shape index (κ3) is 2.56. The van der Waals surface area contributed by atoms with Gasteiger partial charge >= 0.3 is 0 Å². The average molecular weight is 272 g/mol. The molecule has 1 nitrogen and oxygen atoms in total. The van der Waals surface area contributed by atoms with Crippen LogP contribution in [0.25, 0.3) is 0 Å². The van der Waals surface area contributed by atoms with Gasteiger partial charge < -0.3 is 0 Å². The molecule has 0 saturated carbocycles. The van der Waals surface area contributed by atoms with Crippen LogP contribution in [-0.4, -0.2) is 4.98 Å². The Hall–Kier alpha value is -0.320. The number of hydrogen-bond acceptors (Lipinski definition) is 3. The SMILES string of the molecule is Brc1cccc(Sc2cccs2)n1. The summed E-state index contributed by atoms with van der Waals surface area (Å²) in [5.41, 5.74) is 0. The molecule has 66 valence electrons. The predicted molar refractivity (Wildman–Crippen MR) is 60.4 cm³/mol. The van der Waals surface area contributed by atoms with E-state index in [0.717, 1.165) is 9.63 Å². The molecule has 0 bridgehead atoms.